The van der Waals surface area contributed by atoms with Gasteiger partial charge in [0.2, 0.25) is 0 Å². The number of hydrogen-bond acceptors (Lipinski definition) is 8. The summed E-state index contributed by atoms with van der Waals surface area (Å²) in [6, 6.07) is 0. The second-order valence-electron chi connectivity index (χ2n) is 9.41. The van der Waals surface area contributed by atoms with Crippen molar-refractivity contribution < 1.29 is 38.0 Å². The van der Waals surface area contributed by atoms with Crippen molar-refractivity contribution in [2.75, 3.05) is 33.0 Å². The second kappa shape index (κ2) is 16.4. The number of carbonyl (C=O) groups excluding carboxylic acids is 2. The topological polar surface area (TPSA) is 89.5 Å². The van der Waals surface area contributed by atoms with Crippen LogP contribution < -0.4 is 0 Å². The summed E-state index contributed by atoms with van der Waals surface area (Å²) in [6.07, 6.45) is 2.43. The van der Waals surface area contributed by atoms with E-state index in [0.717, 1.165) is 12.8 Å². The van der Waals surface area contributed by atoms with E-state index in [-0.39, 0.29) is 55.7 Å². The zero-order valence-corrected chi connectivity index (χ0v) is 21.7. The first-order valence-electron chi connectivity index (χ1n) is 12.5. The molecule has 0 saturated heterocycles. The zero-order chi connectivity index (χ0) is 24.8. The molecule has 0 heterocycles. The van der Waals surface area contributed by atoms with E-state index in [9.17, 15) is 9.59 Å². The van der Waals surface area contributed by atoms with Gasteiger partial charge in [-0.25, -0.2) is 0 Å². The second-order valence-corrected chi connectivity index (χ2v) is 9.41. The van der Waals surface area contributed by atoms with Crippen LogP contribution >= 0.6 is 0 Å². The highest BCUT2D eigenvalue weighted by atomic mass is 16.6. The fourth-order valence-corrected chi connectivity index (χ4v) is 3.75. The quantitative estimate of drug-likeness (QED) is 0.311. The third kappa shape index (κ3) is 12.7. The predicted molar refractivity (Wildman–Crippen MR) is 125 cm³/mol. The molecule has 1 rings (SSSR count). The molecule has 0 aromatic rings. The highest BCUT2D eigenvalue weighted by Gasteiger charge is 2.38. The summed E-state index contributed by atoms with van der Waals surface area (Å²) >= 11 is 0. The number of hydrogen-bond donors (Lipinski definition) is 0. The largest absolute Gasteiger partial charge is 0.463 e. The van der Waals surface area contributed by atoms with E-state index in [4.69, 9.17) is 28.4 Å². The average Bonchev–Trinajstić information content (AvgIpc) is 2.76. The summed E-state index contributed by atoms with van der Waals surface area (Å²) in [5.74, 6) is -1.75. The van der Waals surface area contributed by atoms with E-state index in [1.54, 1.807) is 0 Å². The van der Waals surface area contributed by atoms with Crippen molar-refractivity contribution in [3.8, 4) is 0 Å². The summed E-state index contributed by atoms with van der Waals surface area (Å²) in [6.45, 7) is 14.9. The molecule has 0 spiro atoms. The van der Waals surface area contributed by atoms with Crippen molar-refractivity contribution in [1.29, 1.82) is 0 Å². The standard InChI is InChI=1S/C25H46O8/c1-8-28-20(13-29-17(2)3)14-31-24(26)22-11-9-10-12-23(22)25(27)32-16-21(33-19(6)7)15-30-18(4)5/h17-23H,8-16H2,1-7H3. The first-order valence-corrected chi connectivity index (χ1v) is 12.5. The Kier molecular flexibility index (Phi) is 14.8. The van der Waals surface area contributed by atoms with Crippen molar-refractivity contribution in [3.05, 3.63) is 0 Å². The van der Waals surface area contributed by atoms with Gasteiger partial charge in [-0.2, -0.15) is 0 Å². The van der Waals surface area contributed by atoms with E-state index in [1.807, 2.05) is 48.5 Å². The van der Waals surface area contributed by atoms with Gasteiger partial charge in [0.05, 0.1) is 43.4 Å². The van der Waals surface area contributed by atoms with Gasteiger partial charge >= 0.3 is 11.9 Å². The SMILES string of the molecule is CCOC(COC(=O)C1CCCCC1C(=O)OCC(COC(C)C)OC(C)C)COC(C)C. The van der Waals surface area contributed by atoms with E-state index in [0.29, 0.717) is 32.7 Å². The van der Waals surface area contributed by atoms with Crippen LogP contribution in [0.1, 0.15) is 74.1 Å². The Balaban J connectivity index is 2.64. The molecule has 0 N–H and O–H groups in total. The molecule has 0 aromatic heterocycles. The molecule has 1 saturated carbocycles. The van der Waals surface area contributed by atoms with Gasteiger partial charge in [-0.15, -0.1) is 0 Å². The fourth-order valence-electron chi connectivity index (χ4n) is 3.75. The first kappa shape index (κ1) is 29.8. The Morgan fingerprint density at radius 3 is 1.55 bits per heavy atom. The lowest BCUT2D eigenvalue weighted by Gasteiger charge is -2.29. The maximum absolute atomic E-state index is 12.9. The first-order chi connectivity index (χ1) is 15.6. The van der Waals surface area contributed by atoms with Crippen molar-refractivity contribution in [2.24, 2.45) is 11.8 Å². The Bertz CT molecular complexity index is 549. The molecule has 33 heavy (non-hydrogen) atoms. The minimum absolute atomic E-state index is 0.0140. The van der Waals surface area contributed by atoms with Crippen LogP contribution in [0.2, 0.25) is 0 Å². The molecule has 8 nitrogen and oxygen atoms in total. The minimum atomic E-state index is -0.505. The Morgan fingerprint density at radius 1 is 0.667 bits per heavy atom. The monoisotopic (exact) mass is 474 g/mol. The molecule has 1 fully saturated rings. The molecule has 194 valence electrons. The van der Waals surface area contributed by atoms with Crippen LogP contribution in [0.5, 0.6) is 0 Å². The van der Waals surface area contributed by atoms with E-state index >= 15 is 0 Å². The molecule has 8 heteroatoms. The molecule has 0 aromatic carbocycles. The lowest BCUT2D eigenvalue weighted by molar-refractivity contribution is -0.169. The third-order valence-corrected chi connectivity index (χ3v) is 5.29. The van der Waals surface area contributed by atoms with Gasteiger partial charge in [0.15, 0.2) is 0 Å². The molecule has 0 bridgehead atoms. The molecule has 0 aliphatic heterocycles. The molecule has 0 radical (unpaired) electrons. The Labute approximate surface area is 199 Å². The van der Waals surface area contributed by atoms with Gasteiger partial charge in [0.1, 0.15) is 25.4 Å². The summed E-state index contributed by atoms with van der Waals surface area (Å²) in [7, 11) is 0. The van der Waals surface area contributed by atoms with Crippen LogP contribution in [0.3, 0.4) is 0 Å². The maximum Gasteiger partial charge on any atom is 0.309 e. The number of ether oxygens (including phenoxy) is 6. The summed E-state index contributed by atoms with van der Waals surface area (Å²) < 4.78 is 33.8. The molecule has 0 amide bonds. The summed E-state index contributed by atoms with van der Waals surface area (Å²) in [4.78, 5) is 25.7. The van der Waals surface area contributed by atoms with Crippen LogP contribution in [0.25, 0.3) is 0 Å². The highest BCUT2D eigenvalue weighted by Crippen LogP contribution is 2.32. The predicted octanol–water partition coefficient (Wildman–Crippen LogP) is 3.93. The molecule has 4 atom stereocenters. The summed E-state index contributed by atoms with van der Waals surface area (Å²) in [5.41, 5.74) is 0. The fraction of sp³-hybridized carbons (Fsp3) is 0.920. The lowest BCUT2D eigenvalue weighted by atomic mass is 9.79. The average molecular weight is 475 g/mol. The third-order valence-electron chi connectivity index (χ3n) is 5.29. The van der Waals surface area contributed by atoms with Gasteiger partial charge < -0.3 is 28.4 Å². The number of carbonyl (C=O) groups is 2. The Hall–Kier alpha value is -1.22. The van der Waals surface area contributed by atoms with E-state index in [2.05, 4.69) is 0 Å². The highest BCUT2D eigenvalue weighted by molar-refractivity contribution is 5.82. The smallest absolute Gasteiger partial charge is 0.309 e. The van der Waals surface area contributed by atoms with Gasteiger partial charge in [-0.3, -0.25) is 9.59 Å². The number of esters is 2. The van der Waals surface area contributed by atoms with Gasteiger partial charge in [0.25, 0.3) is 0 Å². The van der Waals surface area contributed by atoms with Gasteiger partial charge in [-0.1, -0.05) is 12.8 Å². The van der Waals surface area contributed by atoms with Crippen LogP contribution in [0.4, 0.5) is 0 Å². The Morgan fingerprint density at radius 2 is 1.12 bits per heavy atom. The summed E-state index contributed by atoms with van der Waals surface area (Å²) in [5, 5.41) is 0. The maximum atomic E-state index is 12.9. The molecule has 1 aliphatic rings. The van der Waals surface area contributed by atoms with Gasteiger partial charge in [-0.05, 0) is 61.3 Å². The minimum Gasteiger partial charge on any atom is -0.463 e. The lowest BCUT2D eigenvalue weighted by Crippen LogP contribution is -2.38. The van der Waals surface area contributed by atoms with Crippen molar-refractivity contribution >= 4 is 11.9 Å². The zero-order valence-electron chi connectivity index (χ0n) is 21.7. The van der Waals surface area contributed by atoms with Crippen molar-refractivity contribution in [1.82, 2.24) is 0 Å². The molecule has 4 unspecified atom stereocenters. The normalized spacial score (nSPS) is 20.8. The van der Waals surface area contributed by atoms with E-state index in [1.165, 1.54) is 0 Å². The molecular formula is C25H46O8. The van der Waals surface area contributed by atoms with Crippen LogP contribution in [-0.4, -0.2) is 75.5 Å². The van der Waals surface area contributed by atoms with Crippen LogP contribution in [-0.2, 0) is 38.0 Å². The van der Waals surface area contributed by atoms with E-state index < -0.39 is 11.8 Å². The van der Waals surface area contributed by atoms with Crippen molar-refractivity contribution in [3.63, 3.8) is 0 Å². The van der Waals surface area contributed by atoms with Crippen LogP contribution in [0, 0.1) is 11.8 Å². The number of rotatable bonds is 16. The van der Waals surface area contributed by atoms with Gasteiger partial charge in [0, 0.05) is 6.61 Å². The molecule has 1 aliphatic carbocycles. The molecular weight excluding hydrogens is 428 g/mol. The van der Waals surface area contributed by atoms with Crippen LogP contribution in [0.15, 0.2) is 0 Å². The van der Waals surface area contributed by atoms with Crippen molar-refractivity contribution in [2.45, 2.75) is 105 Å².